The third-order valence-corrected chi connectivity index (χ3v) is 6.75. The summed E-state index contributed by atoms with van der Waals surface area (Å²) in [5, 5.41) is 10.9. The number of hydrogen-bond donors (Lipinski definition) is 1. The molecule has 0 radical (unpaired) electrons. The van der Waals surface area contributed by atoms with Gasteiger partial charge in [0, 0.05) is 43.5 Å². The number of aromatic nitrogens is 3. The van der Waals surface area contributed by atoms with Gasteiger partial charge >= 0.3 is 0 Å². The third kappa shape index (κ3) is 4.74. The van der Waals surface area contributed by atoms with E-state index in [9.17, 15) is 13.2 Å². The zero-order chi connectivity index (χ0) is 21.1. The number of carbonyl (C=O) groups is 1. The number of rotatable bonds is 5. The Bertz CT molecular complexity index is 1140. The smallest absolute Gasteiger partial charge is 0.255 e. The first-order chi connectivity index (χ1) is 14.4. The summed E-state index contributed by atoms with van der Waals surface area (Å²) in [6, 6.07) is 14.9. The highest BCUT2D eigenvalue weighted by Crippen LogP contribution is 2.19. The van der Waals surface area contributed by atoms with Crippen LogP contribution >= 0.6 is 0 Å². The Labute approximate surface area is 175 Å². The number of nitrogens with one attached hydrogen (secondary N) is 1. The van der Waals surface area contributed by atoms with Gasteiger partial charge in [0.15, 0.2) is 15.7 Å². The molecule has 1 N–H and O–H groups in total. The average molecular weight is 426 g/mol. The first-order valence-electron chi connectivity index (χ1n) is 9.67. The summed E-state index contributed by atoms with van der Waals surface area (Å²) in [6.45, 7) is 1.68. The summed E-state index contributed by atoms with van der Waals surface area (Å²) in [6.07, 6.45) is 1.64. The van der Waals surface area contributed by atoms with Crippen molar-refractivity contribution in [3.63, 3.8) is 0 Å². The maximum Gasteiger partial charge on any atom is 0.255 e. The van der Waals surface area contributed by atoms with Crippen LogP contribution in [0.5, 0.6) is 0 Å². The molecule has 1 aromatic heterocycles. The predicted octanol–water partition coefficient (Wildman–Crippen LogP) is 1.96. The largest absolute Gasteiger partial charge is 0.322 e. The normalized spacial score (nSPS) is 16.3. The van der Waals surface area contributed by atoms with Crippen LogP contribution in [0.15, 0.2) is 54.9 Å². The third-order valence-electron chi connectivity index (χ3n) is 5.14. The number of carbonyl (C=O) groups excluding carboxylic acids is 1. The molecule has 4 rings (SSSR count). The van der Waals surface area contributed by atoms with Gasteiger partial charge in [0.05, 0.1) is 11.5 Å². The Hall–Kier alpha value is -3.04. The minimum absolute atomic E-state index is 0.190. The number of hydrogen-bond acceptors (Lipinski definition) is 6. The molecular formula is C21H23N5O3S. The van der Waals surface area contributed by atoms with Crippen LogP contribution in [0, 0.1) is 0 Å². The fourth-order valence-electron chi connectivity index (χ4n) is 3.43. The van der Waals surface area contributed by atoms with E-state index in [0.29, 0.717) is 30.9 Å². The van der Waals surface area contributed by atoms with Crippen LogP contribution < -0.4 is 5.32 Å². The fourth-order valence-corrected chi connectivity index (χ4v) is 4.70. The minimum atomic E-state index is -2.90. The van der Waals surface area contributed by atoms with Gasteiger partial charge < -0.3 is 9.88 Å². The molecule has 30 heavy (non-hydrogen) atoms. The fraction of sp³-hybridized carbons (Fsp3) is 0.286. The van der Waals surface area contributed by atoms with Gasteiger partial charge in [-0.1, -0.05) is 12.1 Å². The summed E-state index contributed by atoms with van der Waals surface area (Å²) in [5.41, 5.74) is 3.16. The molecule has 1 aliphatic rings. The lowest BCUT2D eigenvalue weighted by Crippen LogP contribution is -2.39. The number of nitrogens with zero attached hydrogens (tertiary/aromatic N) is 4. The van der Waals surface area contributed by atoms with Crippen molar-refractivity contribution in [1.29, 1.82) is 0 Å². The van der Waals surface area contributed by atoms with Crippen LogP contribution in [-0.2, 0) is 23.4 Å². The lowest BCUT2D eigenvalue weighted by Gasteiger charge is -2.26. The zero-order valence-electron chi connectivity index (χ0n) is 16.7. The van der Waals surface area contributed by atoms with Crippen molar-refractivity contribution in [2.24, 2.45) is 7.05 Å². The van der Waals surface area contributed by atoms with Crippen molar-refractivity contribution in [2.75, 3.05) is 29.9 Å². The molecule has 0 saturated carbocycles. The SMILES string of the molecule is Cn1cnnc1-c1ccc(NC(=O)c2cccc(CN3CCS(=O)(=O)CC3)c2)cc1. The lowest BCUT2D eigenvalue weighted by atomic mass is 10.1. The minimum Gasteiger partial charge on any atom is -0.322 e. The Morgan fingerprint density at radius 3 is 2.50 bits per heavy atom. The van der Waals surface area contributed by atoms with E-state index in [2.05, 4.69) is 20.4 Å². The number of aryl methyl sites for hydroxylation is 1. The Morgan fingerprint density at radius 1 is 1.10 bits per heavy atom. The van der Waals surface area contributed by atoms with Crippen molar-refractivity contribution in [3.05, 3.63) is 66.0 Å². The summed E-state index contributed by atoms with van der Waals surface area (Å²) < 4.78 is 25.0. The van der Waals surface area contributed by atoms with E-state index in [0.717, 1.165) is 17.0 Å². The van der Waals surface area contributed by atoms with E-state index < -0.39 is 9.84 Å². The maximum atomic E-state index is 12.7. The number of amides is 1. The molecule has 1 amide bonds. The first kappa shape index (κ1) is 20.2. The van der Waals surface area contributed by atoms with Gasteiger partial charge in [0.25, 0.3) is 5.91 Å². The van der Waals surface area contributed by atoms with Crippen LogP contribution in [0.2, 0.25) is 0 Å². The maximum absolute atomic E-state index is 12.7. The van der Waals surface area contributed by atoms with Crippen LogP contribution in [-0.4, -0.2) is 58.6 Å². The van der Waals surface area contributed by atoms with E-state index in [1.807, 2.05) is 54.1 Å². The Morgan fingerprint density at radius 2 is 1.83 bits per heavy atom. The molecule has 3 aromatic rings. The van der Waals surface area contributed by atoms with Gasteiger partial charge in [-0.25, -0.2) is 8.42 Å². The topological polar surface area (TPSA) is 97.2 Å². The lowest BCUT2D eigenvalue weighted by molar-refractivity contribution is 0.102. The van der Waals surface area contributed by atoms with Crippen molar-refractivity contribution in [3.8, 4) is 11.4 Å². The standard InChI is InChI=1S/C21H23N5O3S/c1-25-15-22-24-20(25)17-5-7-19(8-6-17)23-21(27)18-4-2-3-16(13-18)14-26-9-11-30(28,29)12-10-26/h2-8,13,15H,9-12,14H2,1H3,(H,23,27). The van der Waals surface area contributed by atoms with Gasteiger partial charge in [-0.05, 0) is 42.0 Å². The molecule has 0 bridgehead atoms. The summed E-state index contributed by atoms with van der Waals surface area (Å²) in [7, 11) is -1.02. The monoisotopic (exact) mass is 425 g/mol. The molecule has 1 aliphatic heterocycles. The number of anilines is 1. The summed E-state index contributed by atoms with van der Waals surface area (Å²) in [5.74, 6) is 0.949. The molecule has 156 valence electrons. The molecule has 0 aliphatic carbocycles. The highest BCUT2D eigenvalue weighted by atomic mass is 32.2. The second-order valence-electron chi connectivity index (χ2n) is 7.43. The molecule has 0 atom stereocenters. The Balaban J connectivity index is 1.40. The first-order valence-corrected chi connectivity index (χ1v) is 11.5. The molecule has 2 aromatic carbocycles. The van der Waals surface area contributed by atoms with E-state index in [-0.39, 0.29) is 17.4 Å². The van der Waals surface area contributed by atoms with Gasteiger partial charge in [-0.3, -0.25) is 9.69 Å². The molecule has 8 nitrogen and oxygen atoms in total. The van der Waals surface area contributed by atoms with Gasteiger partial charge in [-0.2, -0.15) is 0 Å². The van der Waals surface area contributed by atoms with E-state index in [1.165, 1.54) is 0 Å². The van der Waals surface area contributed by atoms with Crippen LogP contribution in [0.1, 0.15) is 15.9 Å². The van der Waals surface area contributed by atoms with Gasteiger partial charge in [0.1, 0.15) is 6.33 Å². The highest BCUT2D eigenvalue weighted by Gasteiger charge is 2.21. The molecular weight excluding hydrogens is 402 g/mol. The van der Waals surface area contributed by atoms with Crippen molar-refractivity contribution in [1.82, 2.24) is 19.7 Å². The van der Waals surface area contributed by atoms with Crippen LogP contribution in [0.4, 0.5) is 5.69 Å². The predicted molar refractivity (Wildman–Crippen MR) is 115 cm³/mol. The van der Waals surface area contributed by atoms with E-state index >= 15 is 0 Å². The molecule has 1 saturated heterocycles. The van der Waals surface area contributed by atoms with Gasteiger partial charge in [-0.15, -0.1) is 10.2 Å². The quantitative estimate of drug-likeness (QED) is 0.671. The zero-order valence-corrected chi connectivity index (χ0v) is 17.5. The molecule has 0 unspecified atom stereocenters. The molecule has 9 heteroatoms. The summed E-state index contributed by atoms with van der Waals surface area (Å²) in [4.78, 5) is 14.8. The summed E-state index contributed by atoms with van der Waals surface area (Å²) >= 11 is 0. The van der Waals surface area contributed by atoms with E-state index in [4.69, 9.17) is 0 Å². The average Bonchev–Trinajstić information content (AvgIpc) is 3.16. The highest BCUT2D eigenvalue weighted by molar-refractivity contribution is 7.91. The van der Waals surface area contributed by atoms with Crippen LogP contribution in [0.3, 0.4) is 0 Å². The Kier molecular flexibility index (Phi) is 5.65. The second-order valence-corrected chi connectivity index (χ2v) is 9.73. The molecule has 0 spiro atoms. The van der Waals surface area contributed by atoms with Gasteiger partial charge in [0.2, 0.25) is 0 Å². The number of benzene rings is 2. The molecule has 1 fully saturated rings. The number of sulfone groups is 1. The molecule has 2 heterocycles. The van der Waals surface area contributed by atoms with E-state index in [1.54, 1.807) is 12.4 Å². The van der Waals surface area contributed by atoms with Crippen molar-refractivity contribution >= 4 is 21.4 Å². The van der Waals surface area contributed by atoms with Crippen molar-refractivity contribution < 1.29 is 13.2 Å². The van der Waals surface area contributed by atoms with Crippen LogP contribution in [0.25, 0.3) is 11.4 Å². The van der Waals surface area contributed by atoms with Crippen molar-refractivity contribution in [2.45, 2.75) is 6.54 Å². The second kappa shape index (κ2) is 8.37.